The Hall–Kier alpha value is 0.270. The molecule has 0 bridgehead atoms. The van der Waals surface area contributed by atoms with E-state index < -0.39 is 0 Å². The lowest BCUT2D eigenvalue weighted by Crippen LogP contribution is -2.45. The van der Waals surface area contributed by atoms with Crippen molar-refractivity contribution in [3.63, 3.8) is 0 Å². The molecule has 0 aromatic rings. The molecule has 0 N–H and O–H groups in total. The van der Waals surface area contributed by atoms with Gasteiger partial charge in [0.15, 0.2) is 0 Å². The van der Waals surface area contributed by atoms with Crippen molar-refractivity contribution >= 4 is 12.6 Å². The molecule has 1 aliphatic rings. The van der Waals surface area contributed by atoms with Crippen molar-refractivity contribution in [3.05, 3.63) is 0 Å². The Morgan fingerprint density at radius 3 is 2.39 bits per heavy atom. The molecule has 3 heteroatoms. The van der Waals surface area contributed by atoms with Gasteiger partial charge in [0.25, 0.3) is 0 Å². The minimum absolute atomic E-state index is 0.675. The molecule has 1 heterocycles. The van der Waals surface area contributed by atoms with Crippen LogP contribution in [0.4, 0.5) is 0 Å². The second kappa shape index (κ2) is 11.1. The van der Waals surface area contributed by atoms with Crippen molar-refractivity contribution in [3.8, 4) is 0 Å². The number of thiol groups is 1. The van der Waals surface area contributed by atoms with Crippen molar-refractivity contribution < 1.29 is 4.74 Å². The molecule has 0 radical (unpaired) electrons. The standard InChI is InChI=1S/C15H31NOS/c1-2-15-14-17-12-11-16(15)10-8-6-4-3-5-7-9-13-18/h15,18H,2-14H2,1H3. The molecule has 1 fully saturated rings. The average molecular weight is 273 g/mol. The van der Waals surface area contributed by atoms with E-state index in [-0.39, 0.29) is 0 Å². The lowest BCUT2D eigenvalue weighted by atomic mass is 10.1. The number of hydrogen-bond acceptors (Lipinski definition) is 3. The van der Waals surface area contributed by atoms with Gasteiger partial charge in [0.05, 0.1) is 13.2 Å². The van der Waals surface area contributed by atoms with Gasteiger partial charge in [0, 0.05) is 12.6 Å². The first-order valence-corrected chi connectivity index (χ1v) is 8.44. The summed E-state index contributed by atoms with van der Waals surface area (Å²) in [5.41, 5.74) is 0. The van der Waals surface area contributed by atoms with Crippen LogP contribution in [0.1, 0.15) is 58.3 Å². The number of rotatable bonds is 10. The van der Waals surface area contributed by atoms with Crippen LogP contribution in [0.5, 0.6) is 0 Å². The van der Waals surface area contributed by atoms with E-state index in [9.17, 15) is 0 Å². The van der Waals surface area contributed by atoms with E-state index in [0.717, 1.165) is 25.5 Å². The molecule has 1 rings (SSSR count). The molecule has 0 aromatic heterocycles. The molecule has 0 aromatic carbocycles. The fourth-order valence-electron chi connectivity index (χ4n) is 2.67. The second-order valence-electron chi connectivity index (χ2n) is 5.37. The zero-order valence-electron chi connectivity index (χ0n) is 12.1. The molecule has 0 spiro atoms. The zero-order chi connectivity index (χ0) is 13.1. The van der Waals surface area contributed by atoms with E-state index in [0.29, 0.717) is 6.04 Å². The number of nitrogens with zero attached hydrogens (tertiary/aromatic N) is 1. The summed E-state index contributed by atoms with van der Waals surface area (Å²) in [6.45, 7) is 6.56. The van der Waals surface area contributed by atoms with E-state index in [2.05, 4.69) is 24.5 Å². The maximum atomic E-state index is 5.54. The summed E-state index contributed by atoms with van der Waals surface area (Å²) >= 11 is 4.24. The van der Waals surface area contributed by atoms with Crippen LogP contribution in [0.25, 0.3) is 0 Å². The molecule has 1 atom stereocenters. The lowest BCUT2D eigenvalue weighted by molar-refractivity contribution is -0.00918. The second-order valence-corrected chi connectivity index (χ2v) is 5.82. The third-order valence-electron chi connectivity index (χ3n) is 3.92. The highest BCUT2D eigenvalue weighted by Gasteiger charge is 2.20. The third-order valence-corrected chi connectivity index (χ3v) is 4.24. The van der Waals surface area contributed by atoms with Crippen LogP contribution in [0.3, 0.4) is 0 Å². The monoisotopic (exact) mass is 273 g/mol. The smallest absolute Gasteiger partial charge is 0.0622 e. The molecule has 1 saturated heterocycles. The molecule has 108 valence electrons. The van der Waals surface area contributed by atoms with Crippen LogP contribution in [0, 0.1) is 0 Å². The Labute approximate surface area is 119 Å². The van der Waals surface area contributed by atoms with Gasteiger partial charge in [0.2, 0.25) is 0 Å². The van der Waals surface area contributed by atoms with Gasteiger partial charge in [0.1, 0.15) is 0 Å². The number of morpholine rings is 1. The minimum Gasteiger partial charge on any atom is -0.378 e. The Bertz CT molecular complexity index is 189. The molecule has 1 aliphatic heterocycles. The first-order chi connectivity index (χ1) is 8.88. The fourth-order valence-corrected chi connectivity index (χ4v) is 2.89. The first-order valence-electron chi connectivity index (χ1n) is 7.81. The van der Waals surface area contributed by atoms with E-state index >= 15 is 0 Å². The maximum absolute atomic E-state index is 5.54. The van der Waals surface area contributed by atoms with Crippen LogP contribution < -0.4 is 0 Å². The quantitative estimate of drug-likeness (QED) is 0.481. The summed E-state index contributed by atoms with van der Waals surface area (Å²) in [4.78, 5) is 2.63. The summed E-state index contributed by atoms with van der Waals surface area (Å²) in [5, 5.41) is 0. The highest BCUT2D eigenvalue weighted by molar-refractivity contribution is 7.80. The van der Waals surface area contributed by atoms with Crippen LogP contribution in [0.2, 0.25) is 0 Å². The van der Waals surface area contributed by atoms with Crippen LogP contribution in [0.15, 0.2) is 0 Å². The molecule has 18 heavy (non-hydrogen) atoms. The highest BCUT2D eigenvalue weighted by Crippen LogP contribution is 2.13. The Kier molecular flexibility index (Phi) is 10.1. The molecule has 0 saturated carbocycles. The summed E-state index contributed by atoms with van der Waals surface area (Å²) in [6.07, 6.45) is 10.9. The summed E-state index contributed by atoms with van der Waals surface area (Å²) < 4.78 is 5.54. The van der Waals surface area contributed by atoms with Crippen LogP contribution in [-0.4, -0.2) is 43.0 Å². The zero-order valence-corrected chi connectivity index (χ0v) is 13.0. The highest BCUT2D eigenvalue weighted by atomic mass is 32.1. The van der Waals surface area contributed by atoms with Crippen molar-refractivity contribution in [2.45, 2.75) is 64.3 Å². The molecule has 1 unspecified atom stereocenters. The predicted molar refractivity (Wildman–Crippen MR) is 82.6 cm³/mol. The third kappa shape index (κ3) is 7.01. The van der Waals surface area contributed by atoms with Gasteiger partial charge in [-0.2, -0.15) is 12.6 Å². The Morgan fingerprint density at radius 2 is 1.72 bits per heavy atom. The first kappa shape index (κ1) is 16.3. The molecule has 2 nitrogen and oxygen atoms in total. The topological polar surface area (TPSA) is 12.5 Å². The van der Waals surface area contributed by atoms with E-state index in [1.165, 1.54) is 57.9 Å². The van der Waals surface area contributed by atoms with Gasteiger partial charge in [-0.1, -0.05) is 39.0 Å². The number of hydrogen-bond donors (Lipinski definition) is 1. The van der Waals surface area contributed by atoms with Gasteiger partial charge in [-0.05, 0) is 31.6 Å². The van der Waals surface area contributed by atoms with Crippen molar-refractivity contribution in [2.75, 3.05) is 32.1 Å². The van der Waals surface area contributed by atoms with Gasteiger partial charge in [-0.25, -0.2) is 0 Å². The molecular weight excluding hydrogens is 242 g/mol. The van der Waals surface area contributed by atoms with Gasteiger partial charge < -0.3 is 4.74 Å². The van der Waals surface area contributed by atoms with Gasteiger partial charge in [-0.3, -0.25) is 4.90 Å². The van der Waals surface area contributed by atoms with Crippen molar-refractivity contribution in [2.24, 2.45) is 0 Å². The Morgan fingerprint density at radius 1 is 1.06 bits per heavy atom. The summed E-state index contributed by atoms with van der Waals surface area (Å²) in [6, 6.07) is 0.675. The maximum Gasteiger partial charge on any atom is 0.0622 e. The molecular formula is C15H31NOS. The van der Waals surface area contributed by atoms with Gasteiger partial charge >= 0.3 is 0 Å². The Balaban J connectivity index is 1.93. The summed E-state index contributed by atoms with van der Waals surface area (Å²) in [5.74, 6) is 1.05. The SMILES string of the molecule is CCC1COCCN1CCCCCCCCCS. The van der Waals surface area contributed by atoms with E-state index in [1.54, 1.807) is 0 Å². The van der Waals surface area contributed by atoms with Crippen LogP contribution in [-0.2, 0) is 4.74 Å². The van der Waals surface area contributed by atoms with Crippen LogP contribution >= 0.6 is 12.6 Å². The number of unbranched alkanes of at least 4 members (excludes halogenated alkanes) is 6. The normalized spacial score (nSPS) is 21.3. The largest absolute Gasteiger partial charge is 0.378 e. The lowest BCUT2D eigenvalue weighted by Gasteiger charge is -2.35. The van der Waals surface area contributed by atoms with E-state index in [4.69, 9.17) is 4.74 Å². The molecule has 0 amide bonds. The molecule has 0 aliphatic carbocycles. The predicted octanol–water partition coefficient (Wildman–Crippen LogP) is 3.76. The fraction of sp³-hybridized carbons (Fsp3) is 1.00. The van der Waals surface area contributed by atoms with Gasteiger partial charge in [-0.15, -0.1) is 0 Å². The number of ether oxygens (including phenoxy) is 1. The minimum atomic E-state index is 0.675. The summed E-state index contributed by atoms with van der Waals surface area (Å²) in [7, 11) is 0. The average Bonchev–Trinajstić information content (AvgIpc) is 2.42. The van der Waals surface area contributed by atoms with E-state index in [1.807, 2.05) is 0 Å². The van der Waals surface area contributed by atoms with Crippen molar-refractivity contribution in [1.29, 1.82) is 0 Å². The van der Waals surface area contributed by atoms with Crippen molar-refractivity contribution in [1.82, 2.24) is 4.90 Å².